The van der Waals surface area contributed by atoms with Gasteiger partial charge in [-0.2, -0.15) is 0 Å². The van der Waals surface area contributed by atoms with Crippen molar-refractivity contribution in [2.45, 2.75) is 45.3 Å². The lowest BCUT2D eigenvalue weighted by Gasteiger charge is -2.29. The highest BCUT2D eigenvalue weighted by molar-refractivity contribution is 5.15. The van der Waals surface area contributed by atoms with Gasteiger partial charge in [0.2, 0.25) is 0 Å². The Morgan fingerprint density at radius 3 is 1.65 bits per heavy atom. The number of rotatable bonds is 11. The molecule has 3 aromatic carbocycles. The molecule has 0 aliphatic heterocycles. The Bertz CT molecular complexity index is 831. The molecule has 0 N–H and O–H groups in total. The average Bonchev–Trinajstić information content (AvgIpc) is 3.23. The van der Waals surface area contributed by atoms with E-state index in [1.807, 2.05) is 0 Å². The molecule has 4 rings (SSSR count). The SMILES string of the molecule is c1ccc(CC[C@@H]2CCC(COCc3ccccc3)(COCc3ccccc3)C2)cc1. The van der Waals surface area contributed by atoms with Crippen molar-refractivity contribution in [2.24, 2.45) is 11.3 Å². The molecule has 0 saturated heterocycles. The largest absolute Gasteiger partial charge is 0.376 e. The molecule has 0 bridgehead atoms. The van der Waals surface area contributed by atoms with E-state index in [0.29, 0.717) is 13.2 Å². The van der Waals surface area contributed by atoms with E-state index in [1.165, 1.54) is 42.4 Å². The summed E-state index contributed by atoms with van der Waals surface area (Å²) in [5, 5.41) is 0. The van der Waals surface area contributed by atoms with Gasteiger partial charge in [-0.25, -0.2) is 0 Å². The maximum Gasteiger partial charge on any atom is 0.0717 e. The Morgan fingerprint density at radius 2 is 1.13 bits per heavy atom. The van der Waals surface area contributed by atoms with Gasteiger partial charge in [0.05, 0.1) is 26.4 Å². The molecular formula is C29H34O2. The van der Waals surface area contributed by atoms with Gasteiger partial charge < -0.3 is 9.47 Å². The predicted molar refractivity (Wildman–Crippen MR) is 127 cm³/mol. The number of benzene rings is 3. The van der Waals surface area contributed by atoms with E-state index in [1.54, 1.807) is 0 Å². The zero-order valence-corrected chi connectivity index (χ0v) is 18.4. The lowest BCUT2D eigenvalue weighted by Crippen LogP contribution is -2.30. The van der Waals surface area contributed by atoms with Crippen molar-refractivity contribution in [3.05, 3.63) is 108 Å². The monoisotopic (exact) mass is 414 g/mol. The molecule has 0 unspecified atom stereocenters. The number of hydrogen-bond donors (Lipinski definition) is 0. The molecule has 1 aliphatic rings. The van der Waals surface area contributed by atoms with Crippen LogP contribution in [-0.4, -0.2) is 13.2 Å². The van der Waals surface area contributed by atoms with E-state index in [0.717, 1.165) is 25.6 Å². The summed E-state index contributed by atoms with van der Waals surface area (Å²) in [4.78, 5) is 0. The van der Waals surface area contributed by atoms with Gasteiger partial charge in [-0.3, -0.25) is 0 Å². The van der Waals surface area contributed by atoms with Gasteiger partial charge in [0.1, 0.15) is 0 Å². The van der Waals surface area contributed by atoms with Crippen LogP contribution in [0.25, 0.3) is 0 Å². The summed E-state index contributed by atoms with van der Waals surface area (Å²) < 4.78 is 12.5. The summed E-state index contributed by atoms with van der Waals surface area (Å²) in [5.74, 6) is 0.751. The van der Waals surface area contributed by atoms with Crippen LogP contribution in [0.15, 0.2) is 91.0 Å². The number of aryl methyl sites for hydroxylation is 1. The second kappa shape index (κ2) is 11.3. The molecule has 0 spiro atoms. The normalized spacial score (nSPS) is 17.6. The predicted octanol–water partition coefficient (Wildman–Crippen LogP) is 6.84. The van der Waals surface area contributed by atoms with Gasteiger partial charge in [-0.15, -0.1) is 0 Å². The number of hydrogen-bond acceptors (Lipinski definition) is 2. The molecule has 1 aliphatic carbocycles. The minimum atomic E-state index is 0.130. The van der Waals surface area contributed by atoms with E-state index >= 15 is 0 Å². The molecule has 1 saturated carbocycles. The van der Waals surface area contributed by atoms with Crippen LogP contribution in [0.4, 0.5) is 0 Å². The molecule has 0 amide bonds. The summed E-state index contributed by atoms with van der Waals surface area (Å²) in [6, 6.07) is 31.8. The lowest BCUT2D eigenvalue weighted by atomic mass is 9.86. The first-order valence-corrected chi connectivity index (χ1v) is 11.6. The summed E-state index contributed by atoms with van der Waals surface area (Å²) in [5.41, 5.74) is 4.05. The highest BCUT2D eigenvalue weighted by Gasteiger charge is 2.39. The topological polar surface area (TPSA) is 18.5 Å². The van der Waals surface area contributed by atoms with E-state index in [-0.39, 0.29) is 5.41 Å². The zero-order valence-electron chi connectivity index (χ0n) is 18.4. The first-order valence-electron chi connectivity index (χ1n) is 11.6. The molecule has 0 heterocycles. The summed E-state index contributed by atoms with van der Waals surface area (Å²) >= 11 is 0. The first kappa shape index (κ1) is 21.8. The second-order valence-electron chi connectivity index (χ2n) is 9.09. The van der Waals surface area contributed by atoms with Crippen molar-refractivity contribution >= 4 is 0 Å². The first-order chi connectivity index (χ1) is 15.3. The van der Waals surface area contributed by atoms with Gasteiger partial charge >= 0.3 is 0 Å². The van der Waals surface area contributed by atoms with Crippen LogP contribution in [0.2, 0.25) is 0 Å². The Hall–Kier alpha value is -2.42. The molecule has 1 fully saturated rings. The fourth-order valence-electron chi connectivity index (χ4n) is 4.81. The molecule has 3 aromatic rings. The number of ether oxygens (including phenoxy) is 2. The van der Waals surface area contributed by atoms with Gasteiger partial charge in [0, 0.05) is 5.41 Å². The minimum absolute atomic E-state index is 0.130. The van der Waals surface area contributed by atoms with E-state index < -0.39 is 0 Å². The molecule has 162 valence electrons. The maximum absolute atomic E-state index is 6.24. The Labute approximate surface area is 187 Å². The van der Waals surface area contributed by atoms with Crippen molar-refractivity contribution in [1.29, 1.82) is 0 Å². The summed E-state index contributed by atoms with van der Waals surface area (Å²) in [6.07, 6.45) is 6.08. The average molecular weight is 415 g/mol. The van der Waals surface area contributed by atoms with E-state index in [9.17, 15) is 0 Å². The van der Waals surface area contributed by atoms with E-state index in [2.05, 4.69) is 91.0 Å². The Balaban J connectivity index is 1.32. The fraction of sp³-hybridized carbons (Fsp3) is 0.379. The second-order valence-corrected chi connectivity index (χ2v) is 9.09. The van der Waals surface area contributed by atoms with Crippen molar-refractivity contribution < 1.29 is 9.47 Å². The molecule has 0 aromatic heterocycles. The highest BCUT2D eigenvalue weighted by Crippen LogP contribution is 2.44. The quantitative estimate of drug-likeness (QED) is 0.342. The van der Waals surface area contributed by atoms with E-state index in [4.69, 9.17) is 9.47 Å². The standard InChI is InChI=1S/C29H34O2/c1-4-10-25(11-5-1)16-17-26-18-19-29(20-26,23-30-21-27-12-6-2-7-13-27)24-31-22-28-14-8-3-9-15-28/h1-15,26H,16-24H2/t26-/m1/s1. The van der Waals surface area contributed by atoms with Crippen LogP contribution in [0.1, 0.15) is 42.4 Å². The van der Waals surface area contributed by atoms with Crippen molar-refractivity contribution in [1.82, 2.24) is 0 Å². The van der Waals surface area contributed by atoms with Crippen molar-refractivity contribution in [2.75, 3.05) is 13.2 Å². The van der Waals surface area contributed by atoms with Gasteiger partial charge in [0.25, 0.3) is 0 Å². The third-order valence-electron chi connectivity index (χ3n) is 6.53. The summed E-state index contributed by atoms with van der Waals surface area (Å²) in [6.45, 7) is 2.91. The van der Waals surface area contributed by atoms with Crippen molar-refractivity contribution in [3.8, 4) is 0 Å². The van der Waals surface area contributed by atoms with Gasteiger partial charge in [-0.05, 0) is 54.7 Å². The Kier molecular flexibility index (Phi) is 7.93. The van der Waals surface area contributed by atoms with Crippen LogP contribution >= 0.6 is 0 Å². The van der Waals surface area contributed by atoms with Crippen LogP contribution in [-0.2, 0) is 29.1 Å². The Morgan fingerprint density at radius 1 is 0.645 bits per heavy atom. The summed E-state index contributed by atoms with van der Waals surface area (Å²) in [7, 11) is 0. The highest BCUT2D eigenvalue weighted by atomic mass is 16.5. The van der Waals surface area contributed by atoms with Crippen LogP contribution in [0.3, 0.4) is 0 Å². The lowest BCUT2D eigenvalue weighted by molar-refractivity contribution is -0.0318. The molecular weight excluding hydrogens is 380 g/mol. The van der Waals surface area contributed by atoms with Crippen molar-refractivity contribution in [3.63, 3.8) is 0 Å². The van der Waals surface area contributed by atoms with Crippen LogP contribution < -0.4 is 0 Å². The molecule has 1 atom stereocenters. The minimum Gasteiger partial charge on any atom is -0.376 e. The third kappa shape index (κ3) is 6.78. The zero-order chi connectivity index (χ0) is 21.2. The van der Waals surface area contributed by atoms with Crippen LogP contribution in [0.5, 0.6) is 0 Å². The van der Waals surface area contributed by atoms with Gasteiger partial charge in [0.15, 0.2) is 0 Å². The fourth-order valence-corrected chi connectivity index (χ4v) is 4.81. The third-order valence-corrected chi connectivity index (χ3v) is 6.53. The maximum atomic E-state index is 6.24. The molecule has 31 heavy (non-hydrogen) atoms. The van der Waals surface area contributed by atoms with Crippen LogP contribution in [0, 0.1) is 11.3 Å². The molecule has 2 nitrogen and oxygen atoms in total. The van der Waals surface area contributed by atoms with Gasteiger partial charge in [-0.1, -0.05) is 91.0 Å². The smallest absolute Gasteiger partial charge is 0.0717 e. The molecule has 2 heteroatoms. The molecule has 0 radical (unpaired) electrons.